The zero-order valence-corrected chi connectivity index (χ0v) is 14.2. The molecule has 3 aliphatic rings. The van der Waals surface area contributed by atoms with E-state index in [1.165, 1.54) is 17.4 Å². The number of aliphatic hydroxyl groups is 1. The number of aliphatic hydroxyl groups excluding tert-OH is 1. The third-order valence-electron chi connectivity index (χ3n) is 5.67. The lowest BCUT2D eigenvalue weighted by Crippen LogP contribution is -2.52. The van der Waals surface area contributed by atoms with Crippen LogP contribution in [0.2, 0.25) is 0 Å². The number of nitrogens with zero attached hydrogens (tertiary/aromatic N) is 1. The predicted molar refractivity (Wildman–Crippen MR) is 88.5 cm³/mol. The van der Waals surface area contributed by atoms with Crippen LogP contribution in [0.4, 0.5) is 0 Å². The molecule has 4 unspecified atom stereocenters. The van der Waals surface area contributed by atoms with E-state index in [9.17, 15) is 13.5 Å². The van der Waals surface area contributed by atoms with Crippen molar-refractivity contribution in [1.82, 2.24) is 9.62 Å². The minimum Gasteiger partial charge on any atom is -0.391 e. The van der Waals surface area contributed by atoms with Crippen LogP contribution in [0.15, 0.2) is 24.3 Å². The molecule has 5 nitrogen and oxygen atoms in total. The average Bonchev–Trinajstić information content (AvgIpc) is 2.95. The van der Waals surface area contributed by atoms with E-state index >= 15 is 0 Å². The molecule has 1 aliphatic carbocycles. The summed E-state index contributed by atoms with van der Waals surface area (Å²) in [7, 11) is -3.12. The highest BCUT2D eigenvalue weighted by Crippen LogP contribution is 2.39. The Morgan fingerprint density at radius 2 is 1.83 bits per heavy atom. The molecule has 0 amide bonds. The Balaban J connectivity index is 1.50. The van der Waals surface area contributed by atoms with Gasteiger partial charge in [-0.3, -0.25) is 0 Å². The Labute approximate surface area is 137 Å². The van der Waals surface area contributed by atoms with Gasteiger partial charge in [0.25, 0.3) is 0 Å². The van der Waals surface area contributed by atoms with Crippen molar-refractivity contribution in [2.45, 2.75) is 62.4 Å². The standard InChI is InChI=1S/C17H24N2O3S/c1-23(21,22)19-13-6-7-14(19)10-12(9-13)18-17-15-5-3-2-4-11(15)8-16(17)20/h2-5,12-14,16-18,20H,6-10H2,1H3. The molecule has 2 aliphatic heterocycles. The van der Waals surface area contributed by atoms with E-state index < -0.39 is 16.1 Å². The Bertz CT molecular complexity index is 692. The number of hydrogen-bond acceptors (Lipinski definition) is 4. The monoisotopic (exact) mass is 336 g/mol. The van der Waals surface area contributed by atoms with E-state index in [2.05, 4.69) is 17.4 Å². The topological polar surface area (TPSA) is 69.6 Å². The van der Waals surface area contributed by atoms with Crippen molar-refractivity contribution >= 4 is 10.0 Å². The van der Waals surface area contributed by atoms with Crippen LogP contribution in [-0.2, 0) is 16.4 Å². The molecule has 2 heterocycles. The van der Waals surface area contributed by atoms with Gasteiger partial charge in [0.15, 0.2) is 0 Å². The molecule has 1 aromatic carbocycles. The minimum absolute atomic E-state index is 0.0274. The summed E-state index contributed by atoms with van der Waals surface area (Å²) in [4.78, 5) is 0. The molecule has 2 saturated heterocycles. The van der Waals surface area contributed by atoms with Crippen LogP contribution in [0.5, 0.6) is 0 Å². The summed E-state index contributed by atoms with van der Waals surface area (Å²) >= 11 is 0. The second-order valence-corrected chi connectivity index (χ2v) is 9.15. The van der Waals surface area contributed by atoms with Crippen LogP contribution in [0, 0.1) is 0 Å². The van der Waals surface area contributed by atoms with Gasteiger partial charge in [-0.1, -0.05) is 24.3 Å². The number of sulfonamides is 1. The van der Waals surface area contributed by atoms with Gasteiger partial charge in [-0.15, -0.1) is 0 Å². The minimum atomic E-state index is -3.12. The first-order valence-corrected chi connectivity index (χ1v) is 10.3. The molecule has 0 saturated carbocycles. The second kappa shape index (κ2) is 5.55. The highest BCUT2D eigenvalue weighted by atomic mass is 32.2. The third-order valence-corrected chi connectivity index (χ3v) is 7.03. The number of fused-ring (bicyclic) bond motifs is 3. The fourth-order valence-corrected chi connectivity index (χ4v) is 6.31. The maximum absolute atomic E-state index is 12.0. The maximum atomic E-state index is 12.0. The largest absolute Gasteiger partial charge is 0.391 e. The van der Waals surface area contributed by atoms with Crippen molar-refractivity contribution in [3.05, 3.63) is 35.4 Å². The van der Waals surface area contributed by atoms with Crippen molar-refractivity contribution in [3.63, 3.8) is 0 Å². The molecule has 126 valence electrons. The summed E-state index contributed by atoms with van der Waals surface area (Å²) in [6.45, 7) is 0. The van der Waals surface area contributed by atoms with Crippen molar-refractivity contribution in [2.24, 2.45) is 0 Å². The van der Waals surface area contributed by atoms with Gasteiger partial charge in [0, 0.05) is 24.5 Å². The number of rotatable bonds is 3. The normalized spacial score (nSPS) is 37.0. The average molecular weight is 336 g/mol. The Morgan fingerprint density at radius 3 is 2.48 bits per heavy atom. The van der Waals surface area contributed by atoms with E-state index in [1.54, 1.807) is 4.31 Å². The van der Waals surface area contributed by atoms with Gasteiger partial charge < -0.3 is 10.4 Å². The van der Waals surface area contributed by atoms with Crippen LogP contribution in [-0.4, -0.2) is 48.3 Å². The first kappa shape index (κ1) is 15.6. The molecule has 2 fully saturated rings. The van der Waals surface area contributed by atoms with Gasteiger partial charge in [-0.2, -0.15) is 4.31 Å². The van der Waals surface area contributed by atoms with Gasteiger partial charge >= 0.3 is 0 Å². The Hall–Kier alpha value is -0.950. The van der Waals surface area contributed by atoms with Crippen molar-refractivity contribution in [3.8, 4) is 0 Å². The number of benzene rings is 1. The molecular formula is C17H24N2O3S. The van der Waals surface area contributed by atoms with Crippen LogP contribution >= 0.6 is 0 Å². The Kier molecular flexibility index (Phi) is 3.76. The lowest BCUT2D eigenvalue weighted by atomic mass is 9.97. The lowest BCUT2D eigenvalue weighted by molar-refractivity contribution is 0.118. The molecule has 4 atom stereocenters. The highest BCUT2D eigenvalue weighted by molar-refractivity contribution is 7.88. The Morgan fingerprint density at radius 1 is 1.17 bits per heavy atom. The molecule has 4 rings (SSSR count). The maximum Gasteiger partial charge on any atom is 0.211 e. The van der Waals surface area contributed by atoms with Crippen LogP contribution < -0.4 is 5.32 Å². The van der Waals surface area contributed by atoms with E-state index in [4.69, 9.17) is 0 Å². The van der Waals surface area contributed by atoms with Crippen LogP contribution in [0.25, 0.3) is 0 Å². The van der Waals surface area contributed by atoms with Crippen LogP contribution in [0.3, 0.4) is 0 Å². The summed E-state index contributed by atoms with van der Waals surface area (Å²) in [6, 6.07) is 8.68. The summed E-state index contributed by atoms with van der Waals surface area (Å²) in [5, 5.41) is 14.0. The fraction of sp³-hybridized carbons (Fsp3) is 0.647. The van der Waals surface area contributed by atoms with Gasteiger partial charge in [-0.05, 0) is 36.8 Å². The molecule has 1 aromatic rings. The highest BCUT2D eigenvalue weighted by Gasteiger charge is 2.46. The predicted octanol–water partition coefficient (Wildman–Crippen LogP) is 1.19. The lowest BCUT2D eigenvalue weighted by Gasteiger charge is -2.39. The molecule has 23 heavy (non-hydrogen) atoms. The molecule has 2 bridgehead atoms. The van der Waals surface area contributed by atoms with E-state index in [0.29, 0.717) is 6.42 Å². The zero-order chi connectivity index (χ0) is 16.2. The molecule has 0 aromatic heterocycles. The summed E-state index contributed by atoms with van der Waals surface area (Å²) in [6.07, 6.45) is 5.23. The van der Waals surface area contributed by atoms with E-state index in [0.717, 1.165) is 25.7 Å². The number of piperidine rings is 1. The van der Waals surface area contributed by atoms with E-state index in [-0.39, 0.29) is 24.2 Å². The number of hydrogen-bond donors (Lipinski definition) is 2. The molecule has 0 spiro atoms. The quantitative estimate of drug-likeness (QED) is 0.870. The van der Waals surface area contributed by atoms with Gasteiger partial charge in [0.1, 0.15) is 0 Å². The van der Waals surface area contributed by atoms with Gasteiger partial charge in [0.05, 0.1) is 18.4 Å². The van der Waals surface area contributed by atoms with Crippen molar-refractivity contribution < 1.29 is 13.5 Å². The summed E-state index contributed by atoms with van der Waals surface area (Å²) in [5.41, 5.74) is 2.41. The summed E-state index contributed by atoms with van der Waals surface area (Å²) < 4.78 is 25.7. The second-order valence-electron chi connectivity index (χ2n) is 7.26. The smallest absolute Gasteiger partial charge is 0.211 e. The van der Waals surface area contributed by atoms with E-state index in [1.807, 2.05) is 12.1 Å². The SMILES string of the molecule is CS(=O)(=O)N1C2CCC1CC(NC1c3ccccc3CC1O)C2. The number of nitrogens with one attached hydrogen (secondary N) is 1. The fourth-order valence-electron chi connectivity index (χ4n) is 4.84. The van der Waals surface area contributed by atoms with Crippen molar-refractivity contribution in [1.29, 1.82) is 0 Å². The van der Waals surface area contributed by atoms with Crippen molar-refractivity contribution in [2.75, 3.05) is 6.26 Å². The summed E-state index contributed by atoms with van der Waals surface area (Å²) in [5.74, 6) is 0. The molecular weight excluding hydrogens is 312 g/mol. The first-order chi connectivity index (χ1) is 10.9. The zero-order valence-electron chi connectivity index (χ0n) is 13.4. The van der Waals surface area contributed by atoms with Gasteiger partial charge in [-0.25, -0.2) is 8.42 Å². The third kappa shape index (κ3) is 2.71. The molecule has 2 N–H and O–H groups in total. The molecule has 6 heteroatoms. The first-order valence-electron chi connectivity index (χ1n) is 8.44. The van der Waals surface area contributed by atoms with Gasteiger partial charge in [0.2, 0.25) is 10.0 Å². The van der Waals surface area contributed by atoms with Crippen LogP contribution in [0.1, 0.15) is 42.9 Å². The molecule has 0 radical (unpaired) electrons.